The lowest BCUT2D eigenvalue weighted by atomic mass is 10.2. The zero-order valence-electron chi connectivity index (χ0n) is 13.3. The third-order valence-corrected chi connectivity index (χ3v) is 3.79. The van der Waals surface area contributed by atoms with Crippen LogP contribution in [-0.2, 0) is 0 Å². The van der Waals surface area contributed by atoms with Crippen molar-refractivity contribution in [1.82, 2.24) is 19.4 Å². The van der Waals surface area contributed by atoms with E-state index in [2.05, 4.69) is 20.3 Å². The molecule has 0 fully saturated rings. The van der Waals surface area contributed by atoms with E-state index in [1.165, 1.54) is 12.1 Å². The van der Waals surface area contributed by atoms with Crippen molar-refractivity contribution in [1.29, 1.82) is 0 Å². The molecule has 0 saturated heterocycles. The van der Waals surface area contributed by atoms with Crippen LogP contribution in [0.25, 0.3) is 17.0 Å². The summed E-state index contributed by atoms with van der Waals surface area (Å²) in [6, 6.07) is 11.6. The molecule has 0 radical (unpaired) electrons. The molecule has 3 aromatic heterocycles. The van der Waals surface area contributed by atoms with Crippen LogP contribution in [0.4, 0.5) is 16.0 Å². The standard InChI is InChI=1S/C18H12FN5O2/c19-13-9-21-18(22-12-6-4-11(5-7-12)17(25)26)23-16(13)14-10-20-15-3-1-2-8-24(14)15/h1-10H,(H,25,26)(H,21,22,23). The summed E-state index contributed by atoms with van der Waals surface area (Å²) in [4.78, 5) is 23.3. The van der Waals surface area contributed by atoms with Crippen LogP contribution in [-0.4, -0.2) is 30.4 Å². The molecule has 4 rings (SSSR count). The first-order chi connectivity index (χ1) is 12.6. The Morgan fingerprint density at radius 1 is 1.08 bits per heavy atom. The number of hydrogen-bond donors (Lipinski definition) is 2. The number of aromatic nitrogens is 4. The van der Waals surface area contributed by atoms with Crippen LogP contribution >= 0.6 is 0 Å². The molecule has 0 aliphatic carbocycles. The number of nitrogens with zero attached hydrogens (tertiary/aromatic N) is 4. The summed E-state index contributed by atoms with van der Waals surface area (Å²) < 4.78 is 16.0. The van der Waals surface area contributed by atoms with Crippen LogP contribution in [0.5, 0.6) is 0 Å². The highest BCUT2D eigenvalue weighted by Gasteiger charge is 2.14. The fourth-order valence-corrected chi connectivity index (χ4v) is 2.54. The third-order valence-electron chi connectivity index (χ3n) is 3.79. The molecule has 3 heterocycles. The van der Waals surface area contributed by atoms with Crippen molar-refractivity contribution in [3.05, 3.63) is 72.4 Å². The molecule has 0 spiro atoms. The van der Waals surface area contributed by atoms with E-state index < -0.39 is 11.8 Å². The Morgan fingerprint density at radius 3 is 2.65 bits per heavy atom. The van der Waals surface area contributed by atoms with Crippen molar-refractivity contribution in [3.8, 4) is 11.4 Å². The Hall–Kier alpha value is -3.81. The number of halogens is 1. The lowest BCUT2D eigenvalue weighted by molar-refractivity contribution is 0.0697. The van der Waals surface area contributed by atoms with Gasteiger partial charge >= 0.3 is 5.97 Å². The minimum Gasteiger partial charge on any atom is -0.478 e. The van der Waals surface area contributed by atoms with Crippen molar-refractivity contribution in [2.24, 2.45) is 0 Å². The van der Waals surface area contributed by atoms with E-state index in [1.54, 1.807) is 28.9 Å². The van der Waals surface area contributed by atoms with E-state index in [1.807, 2.05) is 18.2 Å². The van der Waals surface area contributed by atoms with Gasteiger partial charge in [-0.25, -0.2) is 24.1 Å². The second-order valence-electron chi connectivity index (χ2n) is 5.47. The average Bonchev–Trinajstić information content (AvgIpc) is 3.08. The maximum absolute atomic E-state index is 14.3. The number of carboxylic acid groups (broad SMARTS) is 1. The zero-order valence-corrected chi connectivity index (χ0v) is 13.3. The topological polar surface area (TPSA) is 92.4 Å². The van der Waals surface area contributed by atoms with E-state index in [0.717, 1.165) is 6.20 Å². The molecule has 4 aromatic rings. The highest BCUT2D eigenvalue weighted by atomic mass is 19.1. The van der Waals surface area contributed by atoms with Gasteiger partial charge in [-0.15, -0.1) is 0 Å². The number of carbonyl (C=O) groups is 1. The first-order valence-electron chi connectivity index (χ1n) is 7.67. The smallest absolute Gasteiger partial charge is 0.335 e. The number of hydrogen-bond acceptors (Lipinski definition) is 5. The van der Waals surface area contributed by atoms with Gasteiger partial charge in [0.15, 0.2) is 5.82 Å². The van der Waals surface area contributed by atoms with Crippen LogP contribution in [0.3, 0.4) is 0 Å². The van der Waals surface area contributed by atoms with Crippen LogP contribution in [0, 0.1) is 5.82 Å². The molecule has 0 saturated carbocycles. The summed E-state index contributed by atoms with van der Waals surface area (Å²) in [5.74, 6) is -1.39. The van der Waals surface area contributed by atoms with Crippen molar-refractivity contribution < 1.29 is 14.3 Å². The van der Waals surface area contributed by atoms with Crippen LogP contribution in [0.2, 0.25) is 0 Å². The van der Waals surface area contributed by atoms with E-state index in [9.17, 15) is 9.18 Å². The van der Waals surface area contributed by atoms with Crippen LogP contribution in [0.1, 0.15) is 10.4 Å². The molecule has 0 aliphatic heterocycles. The van der Waals surface area contributed by atoms with Crippen LogP contribution in [0.15, 0.2) is 61.1 Å². The van der Waals surface area contributed by atoms with Crippen molar-refractivity contribution in [2.75, 3.05) is 5.32 Å². The first kappa shape index (κ1) is 15.7. The first-order valence-corrected chi connectivity index (χ1v) is 7.67. The van der Waals surface area contributed by atoms with Crippen molar-refractivity contribution in [3.63, 3.8) is 0 Å². The number of nitrogens with one attached hydrogen (secondary N) is 1. The number of carboxylic acids is 1. The van der Waals surface area contributed by atoms with Gasteiger partial charge in [-0.05, 0) is 36.4 Å². The van der Waals surface area contributed by atoms with E-state index >= 15 is 0 Å². The van der Waals surface area contributed by atoms with Gasteiger partial charge in [-0.2, -0.15) is 0 Å². The molecule has 0 bridgehead atoms. The molecular weight excluding hydrogens is 337 g/mol. The largest absolute Gasteiger partial charge is 0.478 e. The van der Waals surface area contributed by atoms with Gasteiger partial charge < -0.3 is 10.4 Å². The monoisotopic (exact) mass is 349 g/mol. The summed E-state index contributed by atoms with van der Waals surface area (Å²) in [7, 11) is 0. The lowest BCUT2D eigenvalue weighted by Crippen LogP contribution is -2.02. The normalized spacial score (nSPS) is 10.8. The van der Waals surface area contributed by atoms with Gasteiger partial charge in [-0.3, -0.25) is 4.40 Å². The highest BCUT2D eigenvalue weighted by molar-refractivity contribution is 5.88. The highest BCUT2D eigenvalue weighted by Crippen LogP contribution is 2.23. The Morgan fingerprint density at radius 2 is 1.88 bits per heavy atom. The molecule has 0 atom stereocenters. The van der Waals surface area contributed by atoms with Gasteiger partial charge in [0, 0.05) is 11.9 Å². The van der Waals surface area contributed by atoms with Crippen molar-refractivity contribution >= 4 is 23.3 Å². The van der Waals surface area contributed by atoms with Gasteiger partial charge in [0.1, 0.15) is 11.3 Å². The maximum Gasteiger partial charge on any atom is 0.335 e. The number of aromatic carboxylic acids is 1. The Labute approximate surface area is 146 Å². The number of imidazole rings is 1. The van der Waals surface area contributed by atoms with Gasteiger partial charge in [-0.1, -0.05) is 6.07 Å². The van der Waals surface area contributed by atoms with E-state index in [4.69, 9.17) is 5.11 Å². The quantitative estimate of drug-likeness (QED) is 0.587. The van der Waals surface area contributed by atoms with E-state index in [0.29, 0.717) is 17.0 Å². The van der Waals surface area contributed by atoms with Gasteiger partial charge in [0.25, 0.3) is 0 Å². The lowest BCUT2D eigenvalue weighted by Gasteiger charge is -2.08. The molecular formula is C18H12FN5O2. The Kier molecular flexibility index (Phi) is 3.77. The molecule has 26 heavy (non-hydrogen) atoms. The maximum atomic E-state index is 14.3. The minimum atomic E-state index is -1.01. The predicted octanol–water partition coefficient (Wildman–Crippen LogP) is 3.37. The molecule has 7 nitrogen and oxygen atoms in total. The summed E-state index contributed by atoms with van der Waals surface area (Å²) in [5.41, 5.74) is 2.06. The van der Waals surface area contributed by atoms with Crippen LogP contribution < -0.4 is 5.32 Å². The molecule has 2 N–H and O–H groups in total. The fraction of sp³-hybridized carbons (Fsp3) is 0. The summed E-state index contributed by atoms with van der Waals surface area (Å²) >= 11 is 0. The Balaban J connectivity index is 1.69. The number of pyridine rings is 1. The number of rotatable bonds is 4. The van der Waals surface area contributed by atoms with E-state index in [-0.39, 0.29) is 17.2 Å². The number of anilines is 2. The molecule has 0 aliphatic rings. The molecule has 0 amide bonds. The molecule has 1 aromatic carbocycles. The molecule has 128 valence electrons. The predicted molar refractivity (Wildman–Crippen MR) is 92.9 cm³/mol. The van der Waals surface area contributed by atoms with Gasteiger partial charge in [0.05, 0.1) is 23.7 Å². The molecule has 8 heteroatoms. The molecule has 0 unspecified atom stereocenters. The third kappa shape index (κ3) is 2.84. The Bertz CT molecular complexity index is 1110. The summed E-state index contributed by atoms with van der Waals surface area (Å²) in [5, 5.41) is 11.9. The summed E-state index contributed by atoms with van der Waals surface area (Å²) in [6.45, 7) is 0. The summed E-state index contributed by atoms with van der Waals surface area (Å²) in [6.07, 6.45) is 4.40. The van der Waals surface area contributed by atoms with Crippen molar-refractivity contribution in [2.45, 2.75) is 0 Å². The second kappa shape index (κ2) is 6.25. The zero-order chi connectivity index (χ0) is 18.1. The minimum absolute atomic E-state index is 0.114. The fourth-order valence-electron chi connectivity index (χ4n) is 2.54. The number of fused-ring (bicyclic) bond motifs is 1. The SMILES string of the molecule is O=C(O)c1ccc(Nc2ncc(F)c(-c3cnc4ccccn34)n2)cc1. The second-order valence-corrected chi connectivity index (χ2v) is 5.47. The average molecular weight is 349 g/mol. The van der Waals surface area contributed by atoms with Gasteiger partial charge in [0.2, 0.25) is 5.95 Å². The number of benzene rings is 1.